The number of nitrogens with one attached hydrogen (secondary N) is 1. The maximum absolute atomic E-state index is 12.6. The summed E-state index contributed by atoms with van der Waals surface area (Å²) in [7, 11) is -1.75. The molecule has 0 aromatic heterocycles. The summed E-state index contributed by atoms with van der Waals surface area (Å²) >= 11 is 0. The monoisotopic (exact) mass is 402 g/mol. The molecule has 0 aliphatic carbocycles. The molecule has 0 amide bonds. The molecule has 1 fully saturated rings. The van der Waals surface area contributed by atoms with Crippen molar-refractivity contribution in [2.45, 2.75) is 30.9 Å². The van der Waals surface area contributed by atoms with Gasteiger partial charge in [0.15, 0.2) is 5.96 Å². The predicted octanol–water partition coefficient (Wildman–Crippen LogP) is 2.54. The van der Waals surface area contributed by atoms with Crippen LogP contribution in [0.15, 0.2) is 58.4 Å². The Morgan fingerprint density at radius 1 is 1.14 bits per heavy atom. The van der Waals surface area contributed by atoms with Crippen LogP contribution in [-0.4, -0.2) is 38.9 Å². The van der Waals surface area contributed by atoms with Crippen LogP contribution < -0.4 is 11.1 Å². The lowest BCUT2D eigenvalue weighted by molar-refractivity contribution is 0.185. The van der Waals surface area contributed by atoms with Gasteiger partial charge < -0.3 is 15.8 Å². The van der Waals surface area contributed by atoms with E-state index in [1.807, 2.05) is 24.3 Å². The zero-order chi connectivity index (χ0) is 20.0. The predicted molar refractivity (Wildman–Crippen MR) is 111 cm³/mol. The first kappa shape index (κ1) is 20.3. The number of rotatable bonds is 7. The number of methoxy groups -OCH3 is 1. The third-order valence-electron chi connectivity index (χ3n) is 4.64. The van der Waals surface area contributed by atoms with Gasteiger partial charge in [0.05, 0.1) is 18.0 Å². The first-order valence-electron chi connectivity index (χ1n) is 9.23. The SMILES string of the molecule is COCc1ccccc1NC(N)=NCc1ccc(S(=O)(=O)N2CCCC2)cc1. The number of sulfonamides is 1. The average molecular weight is 403 g/mol. The van der Waals surface area contributed by atoms with E-state index >= 15 is 0 Å². The van der Waals surface area contributed by atoms with Crippen molar-refractivity contribution >= 4 is 21.7 Å². The lowest BCUT2D eigenvalue weighted by atomic mass is 10.2. The minimum atomic E-state index is -3.39. The molecule has 2 aromatic carbocycles. The van der Waals surface area contributed by atoms with Crippen molar-refractivity contribution in [1.29, 1.82) is 0 Å². The summed E-state index contributed by atoms with van der Waals surface area (Å²) in [4.78, 5) is 4.66. The number of guanidine groups is 1. The quantitative estimate of drug-likeness (QED) is 0.548. The molecule has 0 saturated carbocycles. The van der Waals surface area contributed by atoms with Crippen LogP contribution in [0.2, 0.25) is 0 Å². The fourth-order valence-corrected chi connectivity index (χ4v) is 4.64. The number of nitrogens with two attached hydrogens (primary N) is 1. The Morgan fingerprint density at radius 2 is 1.82 bits per heavy atom. The van der Waals surface area contributed by atoms with Crippen LogP contribution in [0.3, 0.4) is 0 Å². The summed E-state index contributed by atoms with van der Waals surface area (Å²) in [6, 6.07) is 14.5. The van der Waals surface area contributed by atoms with E-state index in [1.165, 1.54) is 0 Å². The molecule has 0 unspecified atom stereocenters. The molecule has 3 rings (SSSR count). The lowest BCUT2D eigenvalue weighted by Gasteiger charge is -2.15. The highest BCUT2D eigenvalue weighted by Gasteiger charge is 2.26. The number of anilines is 1. The van der Waals surface area contributed by atoms with Crippen LogP contribution in [0.4, 0.5) is 5.69 Å². The van der Waals surface area contributed by atoms with Gasteiger partial charge in [0.1, 0.15) is 0 Å². The Bertz CT molecular complexity index is 921. The van der Waals surface area contributed by atoms with Gasteiger partial charge >= 0.3 is 0 Å². The van der Waals surface area contributed by atoms with Crippen molar-refractivity contribution in [3.63, 3.8) is 0 Å². The van der Waals surface area contributed by atoms with Gasteiger partial charge in [0.25, 0.3) is 0 Å². The molecule has 0 bridgehead atoms. The molecule has 0 spiro atoms. The van der Waals surface area contributed by atoms with Crippen LogP contribution in [0.25, 0.3) is 0 Å². The van der Waals surface area contributed by atoms with E-state index in [-0.39, 0.29) is 5.96 Å². The smallest absolute Gasteiger partial charge is 0.243 e. The van der Waals surface area contributed by atoms with E-state index in [0.717, 1.165) is 29.7 Å². The van der Waals surface area contributed by atoms with Gasteiger partial charge in [-0.3, -0.25) is 0 Å². The Kier molecular flexibility index (Phi) is 6.66. The van der Waals surface area contributed by atoms with Gasteiger partial charge in [-0.05, 0) is 36.6 Å². The molecule has 0 radical (unpaired) electrons. The van der Waals surface area contributed by atoms with E-state index in [2.05, 4.69) is 10.3 Å². The second kappa shape index (κ2) is 9.18. The van der Waals surface area contributed by atoms with Crippen LogP contribution in [0.1, 0.15) is 24.0 Å². The third kappa shape index (κ3) is 4.89. The summed E-state index contributed by atoms with van der Waals surface area (Å²) in [6.45, 7) is 2.03. The Hall–Kier alpha value is -2.42. The van der Waals surface area contributed by atoms with E-state index in [4.69, 9.17) is 10.5 Å². The van der Waals surface area contributed by atoms with Gasteiger partial charge in [-0.2, -0.15) is 4.31 Å². The number of nitrogens with zero attached hydrogens (tertiary/aromatic N) is 2. The molecule has 1 aliphatic rings. The number of benzene rings is 2. The molecule has 1 heterocycles. The number of aliphatic imine (C=N–C) groups is 1. The number of ether oxygens (including phenoxy) is 1. The van der Waals surface area contributed by atoms with Crippen LogP contribution in [0, 0.1) is 0 Å². The summed E-state index contributed by atoms with van der Waals surface area (Å²) in [5.74, 6) is 0.289. The number of hydrogen-bond donors (Lipinski definition) is 2. The van der Waals surface area contributed by atoms with Crippen molar-refractivity contribution in [2.24, 2.45) is 10.7 Å². The highest BCUT2D eigenvalue weighted by atomic mass is 32.2. The molecule has 2 aromatic rings. The third-order valence-corrected chi connectivity index (χ3v) is 6.55. The largest absolute Gasteiger partial charge is 0.380 e. The summed E-state index contributed by atoms with van der Waals surface area (Å²) in [5.41, 5.74) is 8.71. The molecule has 1 saturated heterocycles. The molecule has 7 nitrogen and oxygen atoms in total. The van der Waals surface area contributed by atoms with Crippen molar-refractivity contribution in [3.05, 3.63) is 59.7 Å². The number of hydrogen-bond acceptors (Lipinski definition) is 4. The molecule has 28 heavy (non-hydrogen) atoms. The minimum absolute atomic E-state index is 0.289. The first-order chi connectivity index (χ1) is 13.5. The van der Waals surface area contributed by atoms with E-state index in [9.17, 15) is 8.42 Å². The average Bonchev–Trinajstić information content (AvgIpc) is 3.24. The van der Waals surface area contributed by atoms with Crippen LogP contribution >= 0.6 is 0 Å². The Labute approximate surface area is 166 Å². The Balaban J connectivity index is 1.64. The molecule has 1 aliphatic heterocycles. The molecule has 8 heteroatoms. The second-order valence-corrected chi connectivity index (χ2v) is 8.61. The highest BCUT2D eigenvalue weighted by molar-refractivity contribution is 7.89. The fourth-order valence-electron chi connectivity index (χ4n) is 3.12. The van der Waals surface area contributed by atoms with Crippen molar-refractivity contribution in [2.75, 3.05) is 25.5 Å². The van der Waals surface area contributed by atoms with Gasteiger partial charge in [-0.25, -0.2) is 13.4 Å². The van der Waals surface area contributed by atoms with E-state index in [0.29, 0.717) is 31.1 Å². The van der Waals surface area contributed by atoms with Gasteiger partial charge in [0, 0.05) is 31.5 Å². The summed E-state index contributed by atoms with van der Waals surface area (Å²) < 4.78 is 31.8. The van der Waals surface area contributed by atoms with Crippen LogP contribution in [-0.2, 0) is 27.9 Å². The standard InChI is InChI=1S/C20H26N4O3S/c1-27-15-17-6-2-3-7-19(17)23-20(21)22-14-16-8-10-18(11-9-16)28(25,26)24-12-4-5-13-24/h2-3,6-11H,4-5,12-15H2,1H3,(H3,21,22,23). The zero-order valence-electron chi connectivity index (χ0n) is 16.0. The van der Waals surface area contributed by atoms with Crippen molar-refractivity contribution in [3.8, 4) is 0 Å². The topological polar surface area (TPSA) is 97.0 Å². The maximum atomic E-state index is 12.6. The van der Waals surface area contributed by atoms with Crippen molar-refractivity contribution < 1.29 is 13.2 Å². The zero-order valence-corrected chi connectivity index (χ0v) is 16.8. The molecule has 0 atom stereocenters. The lowest BCUT2D eigenvalue weighted by Crippen LogP contribution is -2.27. The van der Waals surface area contributed by atoms with Gasteiger partial charge in [0.2, 0.25) is 10.0 Å². The normalized spacial score (nSPS) is 15.7. The minimum Gasteiger partial charge on any atom is -0.380 e. The van der Waals surface area contributed by atoms with Gasteiger partial charge in [-0.1, -0.05) is 30.3 Å². The van der Waals surface area contributed by atoms with Crippen LogP contribution in [0.5, 0.6) is 0 Å². The molecular formula is C20H26N4O3S. The second-order valence-electron chi connectivity index (χ2n) is 6.67. The first-order valence-corrected chi connectivity index (χ1v) is 10.7. The number of para-hydroxylation sites is 1. The summed E-state index contributed by atoms with van der Waals surface area (Å²) in [5, 5.41) is 3.08. The van der Waals surface area contributed by atoms with E-state index < -0.39 is 10.0 Å². The highest BCUT2D eigenvalue weighted by Crippen LogP contribution is 2.21. The summed E-state index contributed by atoms with van der Waals surface area (Å²) in [6.07, 6.45) is 1.84. The molecular weight excluding hydrogens is 376 g/mol. The van der Waals surface area contributed by atoms with E-state index in [1.54, 1.807) is 35.7 Å². The molecule has 3 N–H and O–H groups in total. The Morgan fingerprint density at radius 3 is 2.50 bits per heavy atom. The maximum Gasteiger partial charge on any atom is 0.243 e. The fraction of sp³-hybridized carbons (Fsp3) is 0.350. The molecule has 150 valence electrons. The van der Waals surface area contributed by atoms with Gasteiger partial charge in [-0.15, -0.1) is 0 Å². The van der Waals surface area contributed by atoms with Crippen molar-refractivity contribution in [1.82, 2.24) is 4.31 Å².